The number of carbonyl (C=O) groups is 3. The van der Waals surface area contributed by atoms with Crippen molar-refractivity contribution < 1.29 is 53.9 Å². The van der Waals surface area contributed by atoms with Gasteiger partial charge in [0.1, 0.15) is 0 Å². The summed E-state index contributed by atoms with van der Waals surface area (Å²) in [7, 11) is 0. The summed E-state index contributed by atoms with van der Waals surface area (Å²) < 4.78 is 119. The first kappa shape index (κ1) is 27.7. The van der Waals surface area contributed by atoms with Gasteiger partial charge in [-0.2, -0.15) is 39.5 Å². The molecule has 1 aliphatic rings. The number of hydrogen-bond donors (Lipinski definition) is 2. The molecule has 204 valence electrons. The molecule has 39 heavy (non-hydrogen) atoms. The number of nitrogens with one attached hydrogen (secondary N) is 1. The van der Waals surface area contributed by atoms with Crippen molar-refractivity contribution in [2.45, 2.75) is 23.9 Å². The van der Waals surface area contributed by atoms with E-state index in [-0.39, 0.29) is 45.8 Å². The molecule has 3 N–H and O–H groups in total. The highest BCUT2D eigenvalue weighted by Crippen LogP contribution is 2.56. The van der Waals surface area contributed by atoms with Crippen LogP contribution in [0.4, 0.5) is 50.9 Å². The molecule has 0 unspecified atom stereocenters. The molecule has 0 aromatic heterocycles. The van der Waals surface area contributed by atoms with Crippen molar-refractivity contribution in [3.05, 3.63) is 94.0 Å². The average molecular weight is 560 g/mol. The molecular formula is C25H13F9N2O3. The predicted molar refractivity (Wildman–Crippen MR) is 118 cm³/mol. The number of rotatable bonds is 5. The van der Waals surface area contributed by atoms with Crippen LogP contribution in [0.1, 0.15) is 47.8 Å². The van der Waals surface area contributed by atoms with Crippen LogP contribution in [0.3, 0.4) is 0 Å². The third kappa shape index (κ3) is 4.10. The Balaban J connectivity index is 1.65. The fourth-order valence-electron chi connectivity index (χ4n) is 3.93. The lowest BCUT2D eigenvalue weighted by atomic mass is 9.82. The van der Waals surface area contributed by atoms with E-state index in [9.17, 15) is 53.9 Å². The fraction of sp³-hybridized carbons (Fsp3) is 0.160. The number of halogens is 9. The average Bonchev–Trinajstić information content (AvgIpc) is 2.87. The SMILES string of the molecule is Nc1ccc(NC(=O)c2ccc(C(F)(F)C(F)(F)C(F)(F)C(F)(F)F)cc2)c2c1C(=O)c1ccccc1C2=O. The van der Waals surface area contributed by atoms with Crippen LogP contribution >= 0.6 is 0 Å². The summed E-state index contributed by atoms with van der Waals surface area (Å²) in [6, 6.07) is 9.28. The van der Waals surface area contributed by atoms with Crippen molar-refractivity contribution in [2.75, 3.05) is 11.1 Å². The number of anilines is 2. The summed E-state index contributed by atoms with van der Waals surface area (Å²) in [5.41, 5.74) is 2.71. The van der Waals surface area contributed by atoms with Crippen LogP contribution < -0.4 is 11.1 Å². The zero-order valence-corrected chi connectivity index (χ0v) is 19.0. The first-order valence-corrected chi connectivity index (χ1v) is 10.7. The Labute approximate surface area is 212 Å². The van der Waals surface area contributed by atoms with Gasteiger partial charge in [0.05, 0.1) is 16.8 Å². The Morgan fingerprint density at radius 3 is 1.69 bits per heavy atom. The molecule has 0 heterocycles. The van der Waals surface area contributed by atoms with E-state index in [1.165, 1.54) is 36.4 Å². The maximum Gasteiger partial charge on any atom is 0.460 e. The molecule has 0 radical (unpaired) electrons. The standard InChI is InChI=1S/C25H13F9N2O3/c26-22(27,23(28,29)24(30,31)25(32,33)34)12-7-5-11(6-8-12)21(39)36-16-10-9-15(35)17-18(16)20(38)14-4-2-1-3-13(14)19(17)37/h1-10H,35H2,(H,36,39). The molecule has 0 spiro atoms. The van der Waals surface area contributed by atoms with Crippen LogP contribution in [0, 0.1) is 0 Å². The van der Waals surface area contributed by atoms with Gasteiger partial charge in [-0.3, -0.25) is 14.4 Å². The lowest BCUT2D eigenvalue weighted by molar-refractivity contribution is -0.399. The molecule has 0 saturated carbocycles. The number of hydrogen-bond acceptors (Lipinski definition) is 4. The van der Waals surface area contributed by atoms with E-state index in [1.807, 2.05) is 0 Å². The topological polar surface area (TPSA) is 89.3 Å². The number of carbonyl (C=O) groups excluding carboxylic acids is 3. The predicted octanol–water partition coefficient (Wildman–Crippen LogP) is 6.22. The number of fused-ring (bicyclic) bond motifs is 2. The second-order valence-electron chi connectivity index (χ2n) is 8.41. The van der Waals surface area contributed by atoms with Gasteiger partial charge in [-0.1, -0.05) is 36.4 Å². The van der Waals surface area contributed by atoms with Crippen molar-refractivity contribution in [2.24, 2.45) is 0 Å². The van der Waals surface area contributed by atoms with Crippen LogP contribution in [0.15, 0.2) is 60.7 Å². The zero-order chi connectivity index (χ0) is 29.1. The Morgan fingerprint density at radius 2 is 1.18 bits per heavy atom. The van der Waals surface area contributed by atoms with Gasteiger partial charge < -0.3 is 11.1 Å². The third-order valence-electron chi connectivity index (χ3n) is 6.01. The van der Waals surface area contributed by atoms with Crippen molar-refractivity contribution in [1.29, 1.82) is 0 Å². The van der Waals surface area contributed by atoms with Crippen molar-refractivity contribution in [3.8, 4) is 0 Å². The van der Waals surface area contributed by atoms with Gasteiger partial charge in [0, 0.05) is 27.9 Å². The van der Waals surface area contributed by atoms with Gasteiger partial charge in [-0.25, -0.2) is 0 Å². The minimum atomic E-state index is -7.07. The molecule has 1 aliphatic carbocycles. The van der Waals surface area contributed by atoms with Crippen molar-refractivity contribution in [1.82, 2.24) is 0 Å². The fourth-order valence-corrected chi connectivity index (χ4v) is 3.93. The molecule has 0 atom stereocenters. The molecule has 4 rings (SSSR count). The molecule has 5 nitrogen and oxygen atoms in total. The van der Waals surface area contributed by atoms with Crippen LogP contribution in [-0.2, 0) is 5.92 Å². The minimum absolute atomic E-state index is 0.0132. The number of amides is 1. The van der Waals surface area contributed by atoms with Gasteiger partial charge in [0.15, 0.2) is 11.6 Å². The minimum Gasteiger partial charge on any atom is -0.398 e. The number of nitrogen functional groups attached to an aromatic ring is 1. The maximum atomic E-state index is 14.2. The monoisotopic (exact) mass is 560 g/mol. The maximum absolute atomic E-state index is 14.2. The summed E-state index contributed by atoms with van der Waals surface area (Å²) in [5, 5.41) is 2.26. The Bertz CT molecular complexity index is 1510. The molecule has 3 aromatic rings. The quantitative estimate of drug-likeness (QED) is 0.224. The highest BCUT2D eigenvalue weighted by atomic mass is 19.4. The van der Waals surface area contributed by atoms with E-state index in [2.05, 4.69) is 5.32 Å². The lowest BCUT2D eigenvalue weighted by Gasteiger charge is -2.33. The smallest absolute Gasteiger partial charge is 0.398 e. The van der Waals surface area contributed by atoms with E-state index < -0.39 is 52.5 Å². The van der Waals surface area contributed by atoms with Crippen LogP contribution in [0.2, 0.25) is 0 Å². The molecule has 0 saturated heterocycles. The number of alkyl halides is 9. The normalized spacial score (nSPS) is 14.1. The van der Waals surface area contributed by atoms with Gasteiger partial charge in [0.2, 0.25) is 0 Å². The van der Waals surface area contributed by atoms with Crippen LogP contribution in [0.25, 0.3) is 0 Å². The first-order valence-electron chi connectivity index (χ1n) is 10.7. The first-order chi connectivity index (χ1) is 17.9. The zero-order valence-electron chi connectivity index (χ0n) is 19.0. The molecule has 14 heteroatoms. The Morgan fingerprint density at radius 1 is 0.667 bits per heavy atom. The van der Waals surface area contributed by atoms with Crippen LogP contribution in [0.5, 0.6) is 0 Å². The van der Waals surface area contributed by atoms with Gasteiger partial charge in [-0.05, 0) is 24.3 Å². The van der Waals surface area contributed by atoms with E-state index in [0.29, 0.717) is 12.1 Å². The van der Waals surface area contributed by atoms with Crippen molar-refractivity contribution in [3.63, 3.8) is 0 Å². The second-order valence-corrected chi connectivity index (χ2v) is 8.41. The molecule has 1 amide bonds. The highest BCUT2D eigenvalue weighted by molar-refractivity contribution is 6.32. The summed E-state index contributed by atoms with van der Waals surface area (Å²) >= 11 is 0. The summed E-state index contributed by atoms with van der Waals surface area (Å²) in [4.78, 5) is 38.7. The van der Waals surface area contributed by atoms with Gasteiger partial charge >= 0.3 is 23.9 Å². The largest absolute Gasteiger partial charge is 0.460 e. The van der Waals surface area contributed by atoms with Gasteiger partial charge in [0.25, 0.3) is 5.91 Å². The second kappa shape index (κ2) is 8.85. The van der Waals surface area contributed by atoms with E-state index in [1.54, 1.807) is 0 Å². The lowest BCUT2D eigenvalue weighted by Crippen LogP contribution is -2.59. The van der Waals surface area contributed by atoms with E-state index in [4.69, 9.17) is 5.73 Å². The van der Waals surface area contributed by atoms with Crippen molar-refractivity contribution >= 4 is 28.8 Å². The molecular weight excluding hydrogens is 547 g/mol. The number of ketones is 2. The Hall–Kier alpha value is -4.36. The van der Waals surface area contributed by atoms with Gasteiger partial charge in [-0.15, -0.1) is 0 Å². The number of nitrogens with two attached hydrogens (primary N) is 1. The summed E-state index contributed by atoms with van der Waals surface area (Å²) in [6.07, 6.45) is -6.97. The summed E-state index contributed by atoms with van der Waals surface area (Å²) in [6.45, 7) is 0. The summed E-state index contributed by atoms with van der Waals surface area (Å²) in [5.74, 6) is -22.3. The highest BCUT2D eigenvalue weighted by Gasteiger charge is 2.82. The Kier molecular flexibility index (Phi) is 6.28. The molecule has 0 fully saturated rings. The number of benzene rings is 3. The van der Waals surface area contributed by atoms with E-state index >= 15 is 0 Å². The molecule has 0 bridgehead atoms. The molecule has 3 aromatic carbocycles. The van der Waals surface area contributed by atoms with Crippen LogP contribution in [-0.4, -0.2) is 35.5 Å². The third-order valence-corrected chi connectivity index (χ3v) is 6.01. The molecule has 0 aliphatic heterocycles. The van der Waals surface area contributed by atoms with E-state index in [0.717, 1.165) is 0 Å².